The molecule has 96 valence electrons. The zero-order valence-electron chi connectivity index (χ0n) is 10.4. The molecule has 0 radical (unpaired) electrons. The van der Waals surface area contributed by atoms with Crippen molar-refractivity contribution in [2.45, 2.75) is 18.9 Å². The molecule has 1 N–H and O–H groups in total. The molecule has 1 aliphatic carbocycles. The number of carbonyl (C=O) groups is 1. The molecular formula is C15H14N2O2. The number of carbonyl (C=O) groups excluding carboxylic acids is 1. The number of nitrogens with one attached hydrogen (secondary N) is 1. The summed E-state index contributed by atoms with van der Waals surface area (Å²) in [6.45, 7) is 0. The Balaban J connectivity index is 1.73. The summed E-state index contributed by atoms with van der Waals surface area (Å²) in [5.41, 5.74) is 0.611. The number of hydrogen-bond donors (Lipinski definition) is 1. The zero-order chi connectivity index (χ0) is 13.1. The van der Waals surface area contributed by atoms with E-state index in [4.69, 9.17) is 4.74 Å². The number of amides is 1. The normalized spacial score (nSPS) is 13.9. The van der Waals surface area contributed by atoms with Gasteiger partial charge in [0.15, 0.2) is 0 Å². The predicted octanol–water partition coefficient (Wildman–Crippen LogP) is 2.77. The third-order valence-corrected chi connectivity index (χ3v) is 2.87. The summed E-state index contributed by atoms with van der Waals surface area (Å²) in [6, 6.07) is 12.9. The Hall–Kier alpha value is -2.36. The van der Waals surface area contributed by atoms with Gasteiger partial charge in [-0.25, -0.2) is 4.98 Å². The topological polar surface area (TPSA) is 51.2 Å². The van der Waals surface area contributed by atoms with E-state index in [1.54, 1.807) is 30.5 Å². The maximum atomic E-state index is 11.9. The Kier molecular flexibility index (Phi) is 3.14. The average molecular weight is 254 g/mol. The first kappa shape index (κ1) is 11.7. The number of aromatic nitrogens is 1. The minimum absolute atomic E-state index is 0.0472. The predicted molar refractivity (Wildman–Crippen MR) is 71.2 cm³/mol. The third-order valence-electron chi connectivity index (χ3n) is 2.87. The Morgan fingerprint density at radius 2 is 2.11 bits per heavy atom. The number of rotatable bonds is 4. The van der Waals surface area contributed by atoms with Crippen LogP contribution in [0.25, 0.3) is 0 Å². The van der Waals surface area contributed by atoms with Crippen molar-refractivity contribution >= 4 is 5.91 Å². The van der Waals surface area contributed by atoms with Gasteiger partial charge in [0.1, 0.15) is 5.75 Å². The molecule has 1 fully saturated rings. The van der Waals surface area contributed by atoms with Gasteiger partial charge >= 0.3 is 0 Å². The summed E-state index contributed by atoms with van der Waals surface area (Å²) in [4.78, 5) is 16.0. The average Bonchev–Trinajstić information content (AvgIpc) is 3.24. The molecule has 1 amide bonds. The third kappa shape index (κ3) is 3.10. The van der Waals surface area contributed by atoms with Gasteiger partial charge in [0.05, 0.1) is 0 Å². The van der Waals surface area contributed by atoms with Crippen molar-refractivity contribution in [3.63, 3.8) is 0 Å². The van der Waals surface area contributed by atoms with E-state index >= 15 is 0 Å². The summed E-state index contributed by atoms with van der Waals surface area (Å²) >= 11 is 0. The second kappa shape index (κ2) is 5.10. The van der Waals surface area contributed by atoms with Crippen LogP contribution in [-0.2, 0) is 0 Å². The molecule has 0 saturated heterocycles. The summed E-state index contributed by atoms with van der Waals surface area (Å²) in [6.07, 6.45) is 3.82. The molecule has 0 aliphatic heterocycles. The Morgan fingerprint density at radius 1 is 1.21 bits per heavy atom. The summed E-state index contributed by atoms with van der Waals surface area (Å²) in [5.74, 6) is 1.08. The first-order valence-corrected chi connectivity index (χ1v) is 6.31. The number of ether oxygens (including phenoxy) is 1. The van der Waals surface area contributed by atoms with Gasteiger partial charge in [-0.2, -0.15) is 0 Å². The molecule has 0 unspecified atom stereocenters. The van der Waals surface area contributed by atoms with Crippen LogP contribution in [0, 0.1) is 0 Å². The molecule has 1 heterocycles. The fourth-order valence-electron chi connectivity index (χ4n) is 1.73. The van der Waals surface area contributed by atoms with Gasteiger partial charge in [-0.1, -0.05) is 12.1 Å². The van der Waals surface area contributed by atoms with Crippen molar-refractivity contribution in [3.8, 4) is 11.6 Å². The van der Waals surface area contributed by atoms with E-state index in [2.05, 4.69) is 10.3 Å². The van der Waals surface area contributed by atoms with Gasteiger partial charge in [-0.3, -0.25) is 4.79 Å². The van der Waals surface area contributed by atoms with E-state index in [1.165, 1.54) is 0 Å². The number of nitrogens with zero attached hydrogens (tertiary/aromatic N) is 1. The highest BCUT2D eigenvalue weighted by Crippen LogP contribution is 2.22. The van der Waals surface area contributed by atoms with Gasteiger partial charge in [0.25, 0.3) is 5.91 Å². The fraction of sp³-hybridized carbons (Fsp3) is 0.200. The standard InChI is InChI=1S/C15H14N2O2/c18-15(17-12-7-8-12)11-4-3-5-13(10-11)19-14-6-1-2-9-16-14/h1-6,9-10,12H,7-8H2,(H,17,18). The van der Waals surface area contributed by atoms with Gasteiger partial charge in [0.2, 0.25) is 5.88 Å². The number of benzene rings is 1. The number of hydrogen-bond acceptors (Lipinski definition) is 3. The maximum absolute atomic E-state index is 11.9. The molecular weight excluding hydrogens is 240 g/mol. The highest BCUT2D eigenvalue weighted by atomic mass is 16.5. The molecule has 19 heavy (non-hydrogen) atoms. The van der Waals surface area contributed by atoms with Gasteiger partial charge in [-0.15, -0.1) is 0 Å². The Labute approximate surface area is 111 Å². The van der Waals surface area contributed by atoms with E-state index in [1.807, 2.05) is 18.2 Å². The molecule has 1 saturated carbocycles. The first-order valence-electron chi connectivity index (χ1n) is 6.31. The lowest BCUT2D eigenvalue weighted by molar-refractivity contribution is 0.0950. The van der Waals surface area contributed by atoms with Crippen LogP contribution in [0.15, 0.2) is 48.7 Å². The molecule has 1 aromatic heterocycles. The van der Waals surface area contributed by atoms with E-state index in [0.29, 0.717) is 23.2 Å². The van der Waals surface area contributed by atoms with Crippen LogP contribution in [0.2, 0.25) is 0 Å². The Morgan fingerprint density at radius 3 is 2.84 bits per heavy atom. The monoisotopic (exact) mass is 254 g/mol. The van der Waals surface area contributed by atoms with Crippen LogP contribution in [-0.4, -0.2) is 16.9 Å². The van der Waals surface area contributed by atoms with Crippen molar-refractivity contribution < 1.29 is 9.53 Å². The maximum Gasteiger partial charge on any atom is 0.251 e. The summed E-state index contributed by atoms with van der Waals surface area (Å²) in [7, 11) is 0. The van der Waals surface area contributed by atoms with Crippen molar-refractivity contribution in [1.82, 2.24) is 10.3 Å². The molecule has 1 aliphatic rings. The van der Waals surface area contributed by atoms with Crippen LogP contribution in [0.3, 0.4) is 0 Å². The van der Waals surface area contributed by atoms with E-state index in [0.717, 1.165) is 12.8 Å². The smallest absolute Gasteiger partial charge is 0.251 e. The molecule has 0 spiro atoms. The number of pyridine rings is 1. The van der Waals surface area contributed by atoms with E-state index < -0.39 is 0 Å². The molecule has 1 aromatic carbocycles. The fourth-order valence-corrected chi connectivity index (χ4v) is 1.73. The second-order valence-electron chi connectivity index (χ2n) is 4.55. The van der Waals surface area contributed by atoms with E-state index in [9.17, 15) is 4.79 Å². The van der Waals surface area contributed by atoms with Gasteiger partial charge < -0.3 is 10.1 Å². The SMILES string of the molecule is O=C(NC1CC1)c1cccc(Oc2ccccn2)c1. The van der Waals surface area contributed by atoms with Crippen LogP contribution < -0.4 is 10.1 Å². The van der Waals surface area contributed by atoms with Crippen LogP contribution in [0.1, 0.15) is 23.2 Å². The minimum Gasteiger partial charge on any atom is -0.439 e. The van der Waals surface area contributed by atoms with E-state index in [-0.39, 0.29) is 5.91 Å². The lowest BCUT2D eigenvalue weighted by atomic mass is 10.2. The lowest BCUT2D eigenvalue weighted by Crippen LogP contribution is -2.25. The minimum atomic E-state index is -0.0472. The summed E-state index contributed by atoms with van der Waals surface area (Å²) < 4.78 is 5.60. The van der Waals surface area contributed by atoms with Crippen LogP contribution in [0.5, 0.6) is 11.6 Å². The van der Waals surface area contributed by atoms with Gasteiger partial charge in [0, 0.05) is 23.9 Å². The highest BCUT2D eigenvalue weighted by Gasteiger charge is 2.23. The molecule has 4 heteroatoms. The van der Waals surface area contributed by atoms with Crippen molar-refractivity contribution in [2.24, 2.45) is 0 Å². The largest absolute Gasteiger partial charge is 0.439 e. The second-order valence-corrected chi connectivity index (χ2v) is 4.55. The summed E-state index contributed by atoms with van der Waals surface area (Å²) in [5, 5.41) is 2.95. The quantitative estimate of drug-likeness (QED) is 0.912. The molecule has 2 aromatic rings. The van der Waals surface area contributed by atoms with Gasteiger partial charge in [-0.05, 0) is 37.1 Å². The van der Waals surface area contributed by atoms with Crippen molar-refractivity contribution in [2.75, 3.05) is 0 Å². The molecule has 0 atom stereocenters. The Bertz CT molecular complexity index is 580. The van der Waals surface area contributed by atoms with Crippen molar-refractivity contribution in [3.05, 3.63) is 54.2 Å². The van der Waals surface area contributed by atoms with Crippen LogP contribution in [0.4, 0.5) is 0 Å². The molecule has 4 nitrogen and oxygen atoms in total. The van der Waals surface area contributed by atoms with Crippen molar-refractivity contribution in [1.29, 1.82) is 0 Å². The molecule has 3 rings (SSSR count). The molecule has 0 bridgehead atoms. The van der Waals surface area contributed by atoms with Crippen LogP contribution >= 0.6 is 0 Å². The zero-order valence-corrected chi connectivity index (χ0v) is 10.4. The highest BCUT2D eigenvalue weighted by molar-refractivity contribution is 5.94. The lowest BCUT2D eigenvalue weighted by Gasteiger charge is -2.07. The first-order chi connectivity index (χ1) is 9.31.